The first kappa shape index (κ1) is 35.3. The summed E-state index contributed by atoms with van der Waals surface area (Å²) in [7, 11) is -4.07. The lowest BCUT2D eigenvalue weighted by Crippen LogP contribution is -2.47. The summed E-state index contributed by atoms with van der Waals surface area (Å²) < 4.78 is 50.9. The molecule has 10 nitrogen and oxygen atoms in total. The molecule has 5 rings (SSSR count). The summed E-state index contributed by atoms with van der Waals surface area (Å²) in [6, 6.07) is 0. The molecule has 0 aromatic heterocycles. The maximum Gasteiger partial charge on any atom is 0.267 e. The number of ether oxygens (including phenoxy) is 2. The summed E-state index contributed by atoms with van der Waals surface area (Å²) in [4.78, 5) is 0. The van der Waals surface area contributed by atoms with Crippen LogP contribution in [0.1, 0.15) is 129 Å². The van der Waals surface area contributed by atoms with E-state index in [0.717, 1.165) is 108 Å². The normalized spacial score (nSPS) is 42.4. The Morgan fingerprint density at radius 1 is 0.659 bits per heavy atom. The maximum absolute atomic E-state index is 11.7. The average molecular weight is 665 g/mol. The fourth-order valence-corrected chi connectivity index (χ4v) is 11.4. The van der Waals surface area contributed by atoms with Crippen LogP contribution in [0, 0.1) is 23.2 Å². The Hall–Kier alpha value is -0.0200. The van der Waals surface area contributed by atoms with Gasteiger partial charge in [0.2, 0.25) is 0 Å². The third-order valence-corrected chi connectivity index (χ3v) is 14.5. The van der Waals surface area contributed by atoms with E-state index in [9.17, 15) is 23.2 Å². The zero-order valence-corrected chi connectivity index (χ0v) is 28.0. The summed E-state index contributed by atoms with van der Waals surface area (Å²) in [6.07, 6.45) is 16.2. The van der Waals surface area contributed by atoms with Gasteiger partial charge >= 0.3 is 0 Å². The van der Waals surface area contributed by atoms with Crippen molar-refractivity contribution in [2.75, 3.05) is 0 Å². The van der Waals surface area contributed by atoms with Crippen molar-refractivity contribution in [1.82, 2.24) is 0 Å². The molecule has 0 aromatic carbocycles. The molecule has 44 heavy (non-hydrogen) atoms. The van der Waals surface area contributed by atoms with E-state index in [4.69, 9.17) is 19.1 Å². The van der Waals surface area contributed by atoms with Crippen molar-refractivity contribution in [2.45, 2.75) is 176 Å². The fraction of sp³-hybridized carbons (Fsp3) is 1.00. The zero-order valence-electron chi connectivity index (χ0n) is 26.3. The molecule has 5 aliphatic carbocycles. The van der Waals surface area contributed by atoms with Crippen molar-refractivity contribution in [2.24, 2.45) is 23.2 Å². The van der Waals surface area contributed by atoms with Gasteiger partial charge in [0.15, 0.2) is 0 Å². The Labute approximate surface area is 268 Å². The zero-order chi connectivity index (χ0) is 31.3. The van der Waals surface area contributed by atoms with Gasteiger partial charge in [-0.25, -0.2) is 5.26 Å². The van der Waals surface area contributed by atoms with Crippen molar-refractivity contribution in [1.29, 1.82) is 0 Å². The highest BCUT2D eigenvalue weighted by atomic mass is 32.2. The predicted molar refractivity (Wildman–Crippen MR) is 167 cm³/mol. The molecular formula is C32H56O10S2. The lowest BCUT2D eigenvalue weighted by atomic mass is 9.52. The Bertz CT molecular complexity index is 952. The Morgan fingerprint density at radius 3 is 1.73 bits per heavy atom. The van der Waals surface area contributed by atoms with Crippen LogP contribution in [-0.2, 0) is 29.0 Å². The average Bonchev–Trinajstić information content (AvgIpc) is 3.01. The maximum atomic E-state index is 11.7. The minimum Gasteiger partial charge on any atom is -0.393 e. The lowest BCUT2D eigenvalue weighted by molar-refractivity contribution is -0.432. The van der Waals surface area contributed by atoms with Gasteiger partial charge in [-0.3, -0.25) is 4.55 Å². The molecule has 5 aliphatic rings. The molecule has 0 amide bonds. The third-order valence-electron chi connectivity index (χ3n) is 12.3. The van der Waals surface area contributed by atoms with Crippen LogP contribution >= 0.6 is 12.0 Å². The summed E-state index contributed by atoms with van der Waals surface area (Å²) in [5.74, 6) is 1.86. The number of aliphatic hydroxyl groups excluding tert-OH is 2. The molecule has 0 heterocycles. The van der Waals surface area contributed by atoms with Crippen LogP contribution in [-0.4, -0.2) is 75.6 Å². The highest BCUT2D eigenvalue weighted by Crippen LogP contribution is 2.56. The topological polar surface area (TPSA) is 152 Å². The van der Waals surface area contributed by atoms with Crippen LogP contribution in [0.25, 0.3) is 0 Å². The van der Waals surface area contributed by atoms with Gasteiger partial charge in [-0.15, -0.1) is 4.33 Å². The van der Waals surface area contributed by atoms with E-state index in [0.29, 0.717) is 43.4 Å². The first-order valence-corrected chi connectivity index (χ1v) is 19.6. The second-order valence-electron chi connectivity index (χ2n) is 14.8. The second-order valence-corrected chi connectivity index (χ2v) is 17.4. The van der Waals surface area contributed by atoms with E-state index in [2.05, 4.69) is 12.0 Å². The van der Waals surface area contributed by atoms with Gasteiger partial charge in [-0.2, -0.15) is 8.42 Å². The smallest absolute Gasteiger partial charge is 0.267 e. The second kappa shape index (κ2) is 15.9. The van der Waals surface area contributed by atoms with Crippen LogP contribution < -0.4 is 0 Å². The molecule has 0 aliphatic heterocycles. The predicted octanol–water partition coefficient (Wildman–Crippen LogP) is 6.25. The molecule has 0 aromatic rings. The van der Waals surface area contributed by atoms with E-state index >= 15 is 0 Å². The molecule has 5 fully saturated rings. The van der Waals surface area contributed by atoms with E-state index < -0.39 is 15.4 Å². The van der Waals surface area contributed by atoms with Gasteiger partial charge < -0.3 is 19.7 Å². The number of aliphatic hydroxyl groups is 2. The van der Waals surface area contributed by atoms with E-state index in [1.807, 2.05) is 0 Å². The fourth-order valence-electron chi connectivity index (χ4n) is 9.75. The third kappa shape index (κ3) is 8.90. The molecule has 5 atom stereocenters. The highest BCUT2D eigenvalue weighted by Gasteiger charge is 2.49. The van der Waals surface area contributed by atoms with Gasteiger partial charge in [-0.1, -0.05) is 12.0 Å². The lowest BCUT2D eigenvalue weighted by Gasteiger charge is -2.54. The van der Waals surface area contributed by atoms with Gasteiger partial charge in [-0.05, 0) is 145 Å². The summed E-state index contributed by atoms with van der Waals surface area (Å²) in [5.41, 5.74) is 0.221. The first-order valence-electron chi connectivity index (χ1n) is 17.3. The van der Waals surface area contributed by atoms with Crippen LogP contribution in [0.15, 0.2) is 0 Å². The van der Waals surface area contributed by atoms with E-state index in [1.165, 1.54) is 0 Å². The van der Waals surface area contributed by atoms with Gasteiger partial charge in [0.1, 0.15) is 0 Å². The Kier molecular flexibility index (Phi) is 12.8. The number of rotatable bonds is 11. The Morgan fingerprint density at radius 2 is 1.18 bits per heavy atom. The molecular weight excluding hydrogens is 608 g/mol. The van der Waals surface area contributed by atoms with Crippen molar-refractivity contribution in [3.05, 3.63) is 0 Å². The van der Waals surface area contributed by atoms with Crippen molar-refractivity contribution >= 4 is 22.2 Å². The van der Waals surface area contributed by atoms with Gasteiger partial charge in [0, 0.05) is 12.0 Å². The molecule has 0 saturated heterocycles. The standard InChI is InChI=1S/C32H56O10S2/c1-32(21-5-11-24(33)12-6-21,22-7-13-25(34)14-8-22)23-9-15-26(16-10-23)40-30-18-17-28(20-31(30)43-42-41-35)39-27-3-2-4-29(19-27)44(36,37)38/h21-31,33-35H,2-20H2,1H3,(H,36,37,38). The summed E-state index contributed by atoms with van der Waals surface area (Å²) >= 11 is 1.05. The number of hydrogen-bond donors (Lipinski definition) is 4. The molecule has 4 N–H and O–H groups in total. The van der Waals surface area contributed by atoms with Crippen molar-refractivity contribution < 1.29 is 47.3 Å². The SMILES string of the molecule is CC(C1CCC(O)CC1)(C1CCC(O)CC1)C1CCC(OC2CCC(OC3CCCC(S(=O)(=O)O)C3)CC2SOOO)CC1. The Balaban J connectivity index is 1.16. The highest BCUT2D eigenvalue weighted by molar-refractivity contribution is 7.95. The minimum absolute atomic E-state index is 0.0699. The largest absolute Gasteiger partial charge is 0.393 e. The molecule has 0 spiro atoms. The van der Waals surface area contributed by atoms with Gasteiger partial charge in [0.05, 0.1) is 47.1 Å². The first-order chi connectivity index (χ1) is 21.1. The van der Waals surface area contributed by atoms with E-state index in [1.54, 1.807) is 0 Å². The molecule has 5 saturated carbocycles. The van der Waals surface area contributed by atoms with Gasteiger partial charge in [0.25, 0.3) is 10.1 Å². The summed E-state index contributed by atoms with van der Waals surface area (Å²) in [5, 5.41) is 32.4. The quantitative estimate of drug-likeness (QED) is 0.0859. The van der Waals surface area contributed by atoms with Crippen LogP contribution in [0.2, 0.25) is 0 Å². The molecule has 5 unspecified atom stereocenters. The minimum atomic E-state index is -4.07. The molecule has 0 radical (unpaired) electrons. The van der Waals surface area contributed by atoms with Crippen LogP contribution in [0.4, 0.5) is 0 Å². The van der Waals surface area contributed by atoms with Crippen molar-refractivity contribution in [3.63, 3.8) is 0 Å². The number of hydrogen-bond acceptors (Lipinski definition) is 10. The molecule has 256 valence electrons. The summed E-state index contributed by atoms with van der Waals surface area (Å²) in [6.45, 7) is 2.54. The monoisotopic (exact) mass is 664 g/mol. The molecule has 0 bridgehead atoms. The van der Waals surface area contributed by atoms with Crippen LogP contribution in [0.3, 0.4) is 0 Å². The van der Waals surface area contributed by atoms with Crippen LogP contribution in [0.5, 0.6) is 0 Å². The molecule has 12 heteroatoms. The van der Waals surface area contributed by atoms with E-state index in [-0.39, 0.29) is 47.3 Å². The van der Waals surface area contributed by atoms with Crippen molar-refractivity contribution in [3.8, 4) is 0 Å².